The van der Waals surface area contributed by atoms with Gasteiger partial charge in [-0.3, -0.25) is 4.79 Å². The van der Waals surface area contributed by atoms with Crippen molar-refractivity contribution in [2.75, 3.05) is 13.2 Å². The van der Waals surface area contributed by atoms with Crippen LogP contribution in [0.15, 0.2) is 24.3 Å². The molecule has 2 atom stereocenters. The summed E-state index contributed by atoms with van der Waals surface area (Å²) in [6.45, 7) is 3.28. The predicted molar refractivity (Wildman–Crippen MR) is 107 cm³/mol. The Bertz CT molecular complexity index is 489. The number of ketones is 1. The zero-order chi connectivity index (χ0) is 17.2. The second-order valence-corrected chi connectivity index (χ2v) is 7.23. The van der Waals surface area contributed by atoms with Gasteiger partial charge in [0.1, 0.15) is 0 Å². The van der Waals surface area contributed by atoms with Gasteiger partial charge in [-0.25, -0.2) is 0 Å². The third kappa shape index (κ3) is 7.89. The number of benzene rings is 1. The van der Waals surface area contributed by atoms with Crippen LogP contribution in [0.25, 0.3) is 0 Å². The maximum absolute atomic E-state index is 12.4. The van der Waals surface area contributed by atoms with Crippen LogP contribution in [0, 0.1) is 5.92 Å². The Balaban J connectivity index is 0.00000312. The summed E-state index contributed by atoms with van der Waals surface area (Å²) in [6, 6.07) is 8.40. The molecule has 142 valence electrons. The van der Waals surface area contributed by atoms with Gasteiger partial charge in [0.15, 0.2) is 5.78 Å². The van der Waals surface area contributed by atoms with Crippen molar-refractivity contribution >= 4 is 18.2 Å². The molecule has 2 rings (SSSR count). The van der Waals surface area contributed by atoms with Crippen LogP contribution in [0.2, 0.25) is 0 Å². The van der Waals surface area contributed by atoms with Gasteiger partial charge in [0.25, 0.3) is 0 Å². The molecule has 1 saturated heterocycles. The van der Waals surface area contributed by atoms with Crippen molar-refractivity contribution in [2.45, 2.75) is 70.8 Å². The number of nitrogens with one attached hydrogen (secondary N) is 1. The number of aliphatic hydroxyl groups excluding tert-OH is 1. The van der Waals surface area contributed by atoms with E-state index in [1.807, 2.05) is 12.1 Å². The van der Waals surface area contributed by atoms with Crippen molar-refractivity contribution in [1.29, 1.82) is 0 Å². The Morgan fingerprint density at radius 2 is 1.80 bits per heavy atom. The van der Waals surface area contributed by atoms with Gasteiger partial charge in [0.05, 0.1) is 0 Å². The molecule has 4 heteroatoms. The van der Waals surface area contributed by atoms with E-state index in [4.69, 9.17) is 0 Å². The van der Waals surface area contributed by atoms with Crippen molar-refractivity contribution in [1.82, 2.24) is 5.32 Å². The smallest absolute Gasteiger partial charge is 0.164 e. The highest BCUT2D eigenvalue weighted by atomic mass is 35.5. The molecule has 1 fully saturated rings. The second kappa shape index (κ2) is 12.5. The molecule has 25 heavy (non-hydrogen) atoms. The molecule has 0 bridgehead atoms. The van der Waals surface area contributed by atoms with Crippen molar-refractivity contribution in [3.05, 3.63) is 35.4 Å². The average Bonchev–Trinajstić information content (AvgIpc) is 3.06. The van der Waals surface area contributed by atoms with E-state index in [1.54, 1.807) is 0 Å². The quantitative estimate of drug-likeness (QED) is 0.445. The summed E-state index contributed by atoms with van der Waals surface area (Å²) in [7, 11) is 0. The highest BCUT2D eigenvalue weighted by Gasteiger charge is 2.25. The number of rotatable bonds is 11. The standard InChI is InChI=1S/C21H33NO2.ClH/c1-2-3-4-5-6-7-8-17-9-11-19(12-10-17)21(24)14-20-13-18(16-23)15-22-20;/h9-12,18,20,22-23H,2-8,13-16H2,1H3;1H/t18-,20+;/m0./s1. The molecule has 3 nitrogen and oxygen atoms in total. The van der Waals surface area contributed by atoms with Crippen molar-refractivity contribution < 1.29 is 9.90 Å². The van der Waals surface area contributed by atoms with Crippen molar-refractivity contribution in [2.24, 2.45) is 5.92 Å². The van der Waals surface area contributed by atoms with Crippen LogP contribution in [-0.4, -0.2) is 30.1 Å². The normalized spacial score (nSPS) is 19.6. The number of carbonyl (C=O) groups is 1. The molecule has 1 aliphatic rings. The Labute approximate surface area is 159 Å². The zero-order valence-corrected chi connectivity index (χ0v) is 16.3. The summed E-state index contributed by atoms with van der Waals surface area (Å²) in [6.07, 6.45) is 10.4. The van der Waals surface area contributed by atoms with Crippen LogP contribution in [0.5, 0.6) is 0 Å². The van der Waals surface area contributed by atoms with E-state index in [2.05, 4.69) is 24.4 Å². The van der Waals surface area contributed by atoms with E-state index in [1.165, 1.54) is 44.1 Å². The molecule has 0 radical (unpaired) electrons. The van der Waals surface area contributed by atoms with Gasteiger partial charge in [0, 0.05) is 31.2 Å². The molecule has 0 aliphatic carbocycles. The number of hydrogen-bond donors (Lipinski definition) is 2. The van der Waals surface area contributed by atoms with Gasteiger partial charge in [0.2, 0.25) is 0 Å². The first-order chi connectivity index (χ1) is 11.7. The predicted octanol–water partition coefficient (Wildman–Crippen LogP) is 4.55. The van der Waals surface area contributed by atoms with Crippen molar-refractivity contribution in [3.8, 4) is 0 Å². The van der Waals surface area contributed by atoms with Gasteiger partial charge in [-0.15, -0.1) is 12.4 Å². The molecule has 0 saturated carbocycles. The van der Waals surface area contributed by atoms with E-state index in [-0.39, 0.29) is 30.8 Å². The minimum absolute atomic E-state index is 0. The number of aryl methyl sites for hydroxylation is 1. The van der Waals surface area contributed by atoms with E-state index < -0.39 is 0 Å². The Morgan fingerprint density at radius 1 is 1.12 bits per heavy atom. The molecule has 0 unspecified atom stereocenters. The lowest BCUT2D eigenvalue weighted by atomic mass is 9.98. The highest BCUT2D eigenvalue weighted by molar-refractivity contribution is 5.96. The summed E-state index contributed by atoms with van der Waals surface area (Å²) in [4.78, 5) is 12.4. The fourth-order valence-electron chi connectivity index (χ4n) is 3.51. The van der Waals surface area contributed by atoms with Crippen LogP contribution >= 0.6 is 12.4 Å². The SMILES string of the molecule is CCCCCCCCc1ccc(C(=O)C[C@H]2C[C@H](CO)CN2)cc1.Cl. The summed E-state index contributed by atoms with van der Waals surface area (Å²) >= 11 is 0. The largest absolute Gasteiger partial charge is 0.396 e. The fraction of sp³-hybridized carbons (Fsp3) is 0.667. The molecule has 1 aromatic carbocycles. The first-order valence-corrected chi connectivity index (χ1v) is 9.69. The number of aliphatic hydroxyl groups is 1. The molecule has 0 spiro atoms. The van der Waals surface area contributed by atoms with Crippen LogP contribution in [0.1, 0.15) is 74.2 Å². The van der Waals surface area contributed by atoms with E-state index in [0.717, 1.165) is 24.9 Å². The molecule has 1 aliphatic heterocycles. The van der Waals surface area contributed by atoms with E-state index in [9.17, 15) is 9.90 Å². The molecule has 0 aromatic heterocycles. The third-order valence-electron chi connectivity index (χ3n) is 5.10. The van der Waals surface area contributed by atoms with Gasteiger partial charge < -0.3 is 10.4 Å². The van der Waals surface area contributed by atoms with Gasteiger partial charge in [-0.2, -0.15) is 0 Å². The summed E-state index contributed by atoms with van der Waals surface area (Å²) < 4.78 is 0. The monoisotopic (exact) mass is 367 g/mol. The number of unbranched alkanes of at least 4 members (excludes halogenated alkanes) is 5. The summed E-state index contributed by atoms with van der Waals surface area (Å²) in [5, 5.41) is 12.5. The minimum atomic E-state index is 0. The average molecular weight is 368 g/mol. The second-order valence-electron chi connectivity index (χ2n) is 7.23. The van der Waals surface area contributed by atoms with Gasteiger partial charge >= 0.3 is 0 Å². The van der Waals surface area contributed by atoms with E-state index in [0.29, 0.717) is 12.3 Å². The summed E-state index contributed by atoms with van der Waals surface area (Å²) in [5.41, 5.74) is 2.15. The van der Waals surface area contributed by atoms with Gasteiger partial charge in [-0.05, 0) is 30.7 Å². The third-order valence-corrected chi connectivity index (χ3v) is 5.10. The fourth-order valence-corrected chi connectivity index (χ4v) is 3.51. The molecular weight excluding hydrogens is 334 g/mol. The molecule has 2 N–H and O–H groups in total. The topological polar surface area (TPSA) is 49.3 Å². The molecule has 1 aromatic rings. The lowest BCUT2D eigenvalue weighted by Gasteiger charge is -2.10. The maximum Gasteiger partial charge on any atom is 0.164 e. The lowest BCUT2D eigenvalue weighted by molar-refractivity contribution is 0.0970. The van der Waals surface area contributed by atoms with Gasteiger partial charge in [-0.1, -0.05) is 63.3 Å². The van der Waals surface area contributed by atoms with Crippen molar-refractivity contribution in [3.63, 3.8) is 0 Å². The number of Topliss-reactive ketones (excluding diaryl/α,β-unsaturated/α-hetero) is 1. The highest BCUT2D eigenvalue weighted by Crippen LogP contribution is 2.18. The Hall–Kier alpha value is -0.900. The van der Waals surface area contributed by atoms with Crippen LogP contribution in [0.4, 0.5) is 0 Å². The molecule has 0 amide bonds. The van der Waals surface area contributed by atoms with Crippen LogP contribution in [0.3, 0.4) is 0 Å². The van der Waals surface area contributed by atoms with E-state index >= 15 is 0 Å². The zero-order valence-electron chi connectivity index (χ0n) is 15.5. The first-order valence-electron chi connectivity index (χ1n) is 9.69. The minimum Gasteiger partial charge on any atom is -0.396 e. The van der Waals surface area contributed by atoms with Crippen LogP contribution in [-0.2, 0) is 6.42 Å². The molecular formula is C21H34ClNO2. The maximum atomic E-state index is 12.4. The lowest BCUT2D eigenvalue weighted by Crippen LogP contribution is -2.24. The Kier molecular flexibility index (Phi) is 11.0. The first kappa shape index (κ1) is 22.1. The number of hydrogen-bond acceptors (Lipinski definition) is 3. The van der Waals surface area contributed by atoms with Crippen LogP contribution < -0.4 is 5.32 Å². The summed E-state index contributed by atoms with van der Waals surface area (Å²) in [5.74, 6) is 0.514. The number of halogens is 1. The molecule has 1 heterocycles. The Morgan fingerprint density at radius 3 is 2.44 bits per heavy atom. The number of carbonyl (C=O) groups excluding carboxylic acids is 1.